The Labute approximate surface area is 158 Å². The topological polar surface area (TPSA) is 72.4 Å². The number of benzene rings is 1. The molecule has 144 valence electrons. The van der Waals surface area contributed by atoms with Crippen molar-refractivity contribution in [3.05, 3.63) is 58.6 Å². The lowest BCUT2D eigenvalue weighted by atomic mass is 10.2. The fraction of sp³-hybridized carbons (Fsp3) is 0.368. The van der Waals surface area contributed by atoms with Crippen LogP contribution in [0.5, 0.6) is 5.88 Å². The summed E-state index contributed by atoms with van der Waals surface area (Å²) in [6, 6.07) is 7.57. The summed E-state index contributed by atoms with van der Waals surface area (Å²) in [5.74, 6) is -0.707. The standard InChI is InChI=1S/C19H22FN3O3S/c1-3-17-18(20)19(22-13-21-17)26-16-8-10-23(12-16)27(24,25)11-9-15-6-4-14(2)5-7-15/h4-7,9,11,13,16H,3,8,10,12H2,1-2H3/b11-9+/t16-/m1/s1. The molecule has 27 heavy (non-hydrogen) atoms. The van der Waals surface area contributed by atoms with Crippen LogP contribution in [0.3, 0.4) is 0 Å². The number of sulfonamides is 1. The van der Waals surface area contributed by atoms with Crippen molar-refractivity contribution in [2.75, 3.05) is 13.1 Å². The summed E-state index contributed by atoms with van der Waals surface area (Å²) >= 11 is 0. The molecule has 1 saturated heterocycles. The monoisotopic (exact) mass is 391 g/mol. The van der Waals surface area contributed by atoms with E-state index in [-0.39, 0.29) is 18.1 Å². The molecule has 1 fully saturated rings. The van der Waals surface area contributed by atoms with Gasteiger partial charge in [0.2, 0.25) is 15.8 Å². The minimum absolute atomic E-state index is 0.124. The van der Waals surface area contributed by atoms with Crippen molar-refractivity contribution in [1.82, 2.24) is 14.3 Å². The number of nitrogens with zero attached hydrogens (tertiary/aromatic N) is 3. The second-order valence-corrected chi connectivity index (χ2v) is 8.26. The number of aromatic nitrogens is 2. The lowest BCUT2D eigenvalue weighted by Gasteiger charge is -2.15. The zero-order valence-electron chi connectivity index (χ0n) is 15.3. The highest BCUT2D eigenvalue weighted by atomic mass is 32.2. The van der Waals surface area contributed by atoms with E-state index in [0.29, 0.717) is 19.4 Å². The van der Waals surface area contributed by atoms with Gasteiger partial charge in [-0.05, 0) is 31.4 Å². The average molecular weight is 391 g/mol. The second-order valence-electron chi connectivity index (χ2n) is 6.44. The lowest BCUT2D eigenvalue weighted by molar-refractivity contribution is 0.195. The average Bonchev–Trinajstić information content (AvgIpc) is 3.13. The molecule has 2 heterocycles. The van der Waals surface area contributed by atoms with Crippen LogP contribution in [0, 0.1) is 12.7 Å². The molecular weight excluding hydrogens is 369 g/mol. The molecule has 1 aromatic carbocycles. The maximum absolute atomic E-state index is 14.2. The summed E-state index contributed by atoms with van der Waals surface area (Å²) in [7, 11) is -3.57. The number of halogens is 1. The van der Waals surface area contributed by atoms with E-state index in [9.17, 15) is 12.8 Å². The molecule has 0 bridgehead atoms. The predicted octanol–water partition coefficient (Wildman–Crippen LogP) is 2.94. The quantitative estimate of drug-likeness (QED) is 0.757. The van der Waals surface area contributed by atoms with Crippen LogP contribution < -0.4 is 4.74 Å². The highest BCUT2D eigenvalue weighted by Gasteiger charge is 2.32. The first kappa shape index (κ1) is 19.4. The van der Waals surface area contributed by atoms with Crippen molar-refractivity contribution < 1.29 is 17.5 Å². The lowest BCUT2D eigenvalue weighted by Crippen LogP contribution is -2.29. The maximum Gasteiger partial charge on any atom is 0.254 e. The number of ether oxygens (including phenoxy) is 1. The molecule has 1 aliphatic rings. The van der Waals surface area contributed by atoms with Crippen LogP contribution in [-0.2, 0) is 16.4 Å². The van der Waals surface area contributed by atoms with E-state index in [1.54, 1.807) is 13.0 Å². The third-order valence-corrected chi connectivity index (χ3v) is 5.95. The molecule has 2 aromatic rings. The normalized spacial score (nSPS) is 18.3. The van der Waals surface area contributed by atoms with Crippen molar-refractivity contribution in [3.8, 4) is 5.88 Å². The minimum atomic E-state index is -3.57. The van der Waals surface area contributed by atoms with Gasteiger partial charge in [0, 0.05) is 12.0 Å². The van der Waals surface area contributed by atoms with Gasteiger partial charge in [0.05, 0.1) is 12.2 Å². The van der Waals surface area contributed by atoms with Gasteiger partial charge in [-0.1, -0.05) is 36.8 Å². The van der Waals surface area contributed by atoms with Crippen molar-refractivity contribution in [2.45, 2.75) is 32.8 Å². The number of aryl methyl sites for hydroxylation is 2. The first-order chi connectivity index (χ1) is 12.9. The summed E-state index contributed by atoms with van der Waals surface area (Å²) in [6.07, 6.45) is 3.29. The summed E-state index contributed by atoms with van der Waals surface area (Å²) in [6.45, 7) is 4.24. The Morgan fingerprint density at radius 1 is 1.30 bits per heavy atom. The van der Waals surface area contributed by atoms with Crippen molar-refractivity contribution in [2.24, 2.45) is 0 Å². The van der Waals surface area contributed by atoms with Crippen molar-refractivity contribution in [3.63, 3.8) is 0 Å². The molecule has 0 spiro atoms. The van der Waals surface area contributed by atoms with Crippen molar-refractivity contribution >= 4 is 16.1 Å². The molecular formula is C19H22FN3O3S. The fourth-order valence-electron chi connectivity index (χ4n) is 2.83. The molecule has 1 aromatic heterocycles. The van der Waals surface area contributed by atoms with Crippen LogP contribution in [0.4, 0.5) is 4.39 Å². The van der Waals surface area contributed by atoms with Gasteiger partial charge in [0.1, 0.15) is 12.4 Å². The second kappa shape index (κ2) is 8.14. The Bertz CT molecular complexity index is 930. The molecule has 1 aliphatic heterocycles. The number of hydrogen-bond donors (Lipinski definition) is 0. The van der Waals surface area contributed by atoms with Gasteiger partial charge in [-0.3, -0.25) is 0 Å². The first-order valence-corrected chi connectivity index (χ1v) is 10.3. The first-order valence-electron chi connectivity index (χ1n) is 8.80. The highest BCUT2D eigenvalue weighted by Crippen LogP contribution is 2.23. The zero-order valence-corrected chi connectivity index (χ0v) is 16.1. The highest BCUT2D eigenvalue weighted by molar-refractivity contribution is 7.92. The summed E-state index contributed by atoms with van der Waals surface area (Å²) in [5, 5.41) is 1.19. The zero-order chi connectivity index (χ0) is 19.4. The number of hydrogen-bond acceptors (Lipinski definition) is 5. The predicted molar refractivity (Wildman–Crippen MR) is 101 cm³/mol. The third-order valence-electron chi connectivity index (χ3n) is 4.42. The van der Waals surface area contributed by atoms with Gasteiger partial charge in [0.25, 0.3) is 5.88 Å². The maximum atomic E-state index is 14.2. The molecule has 3 rings (SSSR count). The van der Waals surface area contributed by atoms with E-state index < -0.39 is 21.9 Å². The summed E-state index contributed by atoms with van der Waals surface area (Å²) < 4.78 is 46.2. The van der Waals surface area contributed by atoms with Crippen LogP contribution in [0.25, 0.3) is 6.08 Å². The van der Waals surface area contributed by atoms with Crippen LogP contribution in [0.15, 0.2) is 36.0 Å². The Balaban J connectivity index is 1.65. The van der Waals surface area contributed by atoms with E-state index in [2.05, 4.69) is 9.97 Å². The number of rotatable bonds is 6. The van der Waals surface area contributed by atoms with Gasteiger partial charge in [-0.15, -0.1) is 0 Å². The SMILES string of the molecule is CCc1ncnc(O[C@@H]2CCN(S(=O)(=O)/C=C/c3ccc(C)cc3)C2)c1F. The van der Waals surface area contributed by atoms with Crippen LogP contribution in [-0.4, -0.2) is 41.9 Å². The molecule has 0 saturated carbocycles. The van der Waals surface area contributed by atoms with E-state index >= 15 is 0 Å². The van der Waals surface area contributed by atoms with E-state index in [1.165, 1.54) is 16.0 Å². The van der Waals surface area contributed by atoms with Crippen LogP contribution in [0.2, 0.25) is 0 Å². The largest absolute Gasteiger partial charge is 0.471 e. The van der Waals surface area contributed by atoms with Gasteiger partial charge < -0.3 is 4.74 Å². The van der Waals surface area contributed by atoms with Crippen molar-refractivity contribution in [1.29, 1.82) is 0 Å². The van der Waals surface area contributed by atoms with Crippen LogP contribution >= 0.6 is 0 Å². The van der Waals surface area contributed by atoms with E-state index in [1.807, 2.05) is 31.2 Å². The molecule has 1 atom stereocenters. The van der Waals surface area contributed by atoms with Gasteiger partial charge in [0.15, 0.2) is 0 Å². The molecule has 6 nitrogen and oxygen atoms in total. The minimum Gasteiger partial charge on any atom is -0.471 e. The van der Waals surface area contributed by atoms with E-state index in [4.69, 9.17) is 4.74 Å². The Hall–Kier alpha value is -2.32. The Kier molecular flexibility index (Phi) is 5.86. The smallest absolute Gasteiger partial charge is 0.254 e. The molecule has 8 heteroatoms. The third kappa shape index (κ3) is 4.70. The Morgan fingerprint density at radius 3 is 2.74 bits per heavy atom. The summed E-state index contributed by atoms with van der Waals surface area (Å²) in [5.41, 5.74) is 2.20. The van der Waals surface area contributed by atoms with Crippen LogP contribution in [0.1, 0.15) is 30.2 Å². The molecule has 0 amide bonds. The van der Waals surface area contributed by atoms with Gasteiger partial charge in [-0.2, -0.15) is 13.7 Å². The van der Waals surface area contributed by atoms with Gasteiger partial charge in [-0.25, -0.2) is 13.4 Å². The molecule has 0 unspecified atom stereocenters. The fourth-order valence-corrected chi connectivity index (χ4v) is 4.06. The summed E-state index contributed by atoms with van der Waals surface area (Å²) in [4.78, 5) is 7.69. The van der Waals surface area contributed by atoms with E-state index in [0.717, 1.165) is 11.1 Å². The molecule has 0 N–H and O–H groups in total. The molecule has 0 radical (unpaired) electrons. The van der Waals surface area contributed by atoms with Gasteiger partial charge >= 0.3 is 0 Å². The Morgan fingerprint density at radius 2 is 2.04 bits per heavy atom. The molecule has 0 aliphatic carbocycles.